The summed E-state index contributed by atoms with van der Waals surface area (Å²) in [6.07, 6.45) is -1.66. The Morgan fingerprint density at radius 2 is 2.25 bits per heavy atom. The minimum atomic E-state index is -1.66. The van der Waals surface area contributed by atoms with Crippen LogP contribution in [0.4, 0.5) is 0 Å². The summed E-state index contributed by atoms with van der Waals surface area (Å²) in [5.74, 6) is -1.28. The Kier molecular flexibility index (Phi) is 2.59. The van der Waals surface area contributed by atoms with Gasteiger partial charge in [0.05, 0.1) is 0 Å². The van der Waals surface area contributed by atoms with Crippen LogP contribution in [-0.4, -0.2) is 26.3 Å². The third-order valence-electron chi connectivity index (χ3n) is 2.15. The van der Waals surface area contributed by atoms with E-state index in [9.17, 15) is 9.90 Å². The Morgan fingerprint density at radius 1 is 1.50 bits per heavy atom. The van der Waals surface area contributed by atoms with Gasteiger partial charge in [-0.1, -0.05) is 12.1 Å². The number of aliphatic carboxylic acids is 1. The topological polar surface area (TPSA) is 104 Å². The van der Waals surface area contributed by atoms with Gasteiger partial charge < -0.3 is 19.7 Å². The van der Waals surface area contributed by atoms with Gasteiger partial charge in [0.15, 0.2) is 11.7 Å². The van der Waals surface area contributed by atoms with Gasteiger partial charge in [-0.3, -0.25) is 0 Å². The predicted molar refractivity (Wildman–Crippen MR) is 52.5 cm³/mol. The minimum absolute atomic E-state index is 0.0834. The summed E-state index contributed by atoms with van der Waals surface area (Å²) in [6.45, 7) is -0.378. The molecule has 1 unspecified atom stereocenters. The van der Waals surface area contributed by atoms with E-state index in [1.165, 1.54) is 6.07 Å². The van der Waals surface area contributed by atoms with Crippen molar-refractivity contribution < 1.29 is 24.5 Å². The number of carbonyl (C=O) groups is 1. The number of benzene rings is 1. The number of oxazole rings is 1. The van der Waals surface area contributed by atoms with Crippen LogP contribution in [0.2, 0.25) is 0 Å². The fraction of sp³-hybridized carbons (Fsp3) is 0.200. The van der Waals surface area contributed by atoms with E-state index >= 15 is 0 Å². The van der Waals surface area contributed by atoms with Crippen LogP contribution in [0.25, 0.3) is 11.1 Å². The molecule has 0 saturated heterocycles. The van der Waals surface area contributed by atoms with Crippen molar-refractivity contribution in [2.45, 2.75) is 12.7 Å². The SMILES string of the molecule is O=C(O)C(O)c1cccc2nc(CO)oc12. The van der Waals surface area contributed by atoms with Gasteiger partial charge >= 0.3 is 5.97 Å². The fourth-order valence-electron chi connectivity index (χ4n) is 1.43. The number of hydrogen-bond donors (Lipinski definition) is 3. The number of rotatable bonds is 3. The van der Waals surface area contributed by atoms with Crippen molar-refractivity contribution in [3.63, 3.8) is 0 Å². The molecule has 1 atom stereocenters. The van der Waals surface area contributed by atoms with E-state index in [0.29, 0.717) is 5.52 Å². The maximum Gasteiger partial charge on any atom is 0.337 e. The standard InChI is InChI=1S/C10H9NO5/c12-4-7-11-6-3-1-2-5(9(6)16-7)8(13)10(14)15/h1-3,8,12-13H,4H2,(H,14,15). The molecule has 0 saturated carbocycles. The van der Waals surface area contributed by atoms with E-state index < -0.39 is 12.1 Å². The highest BCUT2D eigenvalue weighted by Crippen LogP contribution is 2.25. The highest BCUT2D eigenvalue weighted by atomic mass is 16.4. The van der Waals surface area contributed by atoms with Crippen molar-refractivity contribution in [2.24, 2.45) is 0 Å². The largest absolute Gasteiger partial charge is 0.479 e. The number of carboxylic acids is 1. The number of fused-ring (bicyclic) bond motifs is 1. The Bertz CT molecular complexity index is 533. The lowest BCUT2D eigenvalue weighted by molar-refractivity contribution is -0.146. The number of nitrogens with zero attached hydrogens (tertiary/aromatic N) is 1. The third kappa shape index (κ3) is 1.64. The van der Waals surface area contributed by atoms with Gasteiger partial charge in [0.1, 0.15) is 12.1 Å². The number of hydrogen-bond acceptors (Lipinski definition) is 5. The summed E-state index contributed by atoms with van der Waals surface area (Å²) in [7, 11) is 0. The van der Waals surface area contributed by atoms with E-state index in [1.54, 1.807) is 12.1 Å². The summed E-state index contributed by atoms with van der Waals surface area (Å²) in [6, 6.07) is 4.61. The van der Waals surface area contributed by atoms with Gasteiger partial charge in [0, 0.05) is 5.56 Å². The van der Waals surface area contributed by atoms with Gasteiger partial charge in [-0.2, -0.15) is 0 Å². The first-order valence-corrected chi connectivity index (χ1v) is 4.53. The van der Waals surface area contributed by atoms with Crippen LogP contribution in [0.3, 0.4) is 0 Å². The second kappa shape index (κ2) is 3.92. The Labute approximate surface area is 89.8 Å². The highest BCUT2D eigenvalue weighted by Gasteiger charge is 2.21. The van der Waals surface area contributed by atoms with E-state index in [4.69, 9.17) is 14.6 Å². The molecule has 16 heavy (non-hydrogen) atoms. The van der Waals surface area contributed by atoms with Crippen LogP contribution in [0.5, 0.6) is 0 Å². The molecule has 1 aromatic heterocycles. The molecule has 2 rings (SSSR count). The average molecular weight is 223 g/mol. The second-order valence-electron chi connectivity index (χ2n) is 3.20. The predicted octanol–water partition coefficient (Wildman–Crippen LogP) is 0.438. The molecule has 0 aliphatic carbocycles. The number of carboxylic acid groups (broad SMARTS) is 1. The summed E-state index contributed by atoms with van der Waals surface area (Å²) in [4.78, 5) is 14.6. The van der Waals surface area contributed by atoms with Gasteiger partial charge in [-0.05, 0) is 6.07 Å². The normalized spacial score (nSPS) is 12.9. The van der Waals surface area contributed by atoms with Gasteiger partial charge in [0.25, 0.3) is 0 Å². The molecule has 0 spiro atoms. The maximum absolute atomic E-state index is 10.7. The molecule has 84 valence electrons. The van der Waals surface area contributed by atoms with Crippen LogP contribution < -0.4 is 0 Å². The zero-order valence-electron chi connectivity index (χ0n) is 8.12. The van der Waals surface area contributed by atoms with Crippen molar-refractivity contribution in [1.82, 2.24) is 4.98 Å². The molecular weight excluding hydrogens is 214 g/mol. The maximum atomic E-state index is 10.7. The molecule has 0 bridgehead atoms. The van der Waals surface area contributed by atoms with Gasteiger partial charge in [0.2, 0.25) is 5.89 Å². The van der Waals surface area contributed by atoms with Crippen LogP contribution in [0.1, 0.15) is 17.6 Å². The van der Waals surface area contributed by atoms with Crippen LogP contribution in [-0.2, 0) is 11.4 Å². The lowest BCUT2D eigenvalue weighted by Gasteiger charge is -2.04. The van der Waals surface area contributed by atoms with E-state index in [1.807, 2.05) is 0 Å². The van der Waals surface area contributed by atoms with Crippen molar-refractivity contribution in [3.8, 4) is 0 Å². The van der Waals surface area contributed by atoms with Gasteiger partial charge in [-0.25, -0.2) is 9.78 Å². The number of para-hydroxylation sites is 1. The molecule has 1 heterocycles. The minimum Gasteiger partial charge on any atom is -0.479 e. The molecular formula is C10H9NO5. The first kappa shape index (κ1) is 10.6. The first-order chi connectivity index (χ1) is 7.63. The molecule has 2 aromatic rings. The quantitative estimate of drug-likeness (QED) is 0.697. The number of aliphatic hydroxyl groups is 2. The van der Waals surface area contributed by atoms with Crippen molar-refractivity contribution in [2.75, 3.05) is 0 Å². The van der Waals surface area contributed by atoms with Crippen molar-refractivity contribution in [1.29, 1.82) is 0 Å². The zero-order valence-corrected chi connectivity index (χ0v) is 8.12. The number of aromatic nitrogens is 1. The van der Waals surface area contributed by atoms with Crippen LogP contribution in [0.15, 0.2) is 22.6 Å². The Balaban J connectivity index is 2.60. The summed E-state index contributed by atoms with van der Waals surface area (Å²) in [5.41, 5.74) is 0.709. The van der Waals surface area contributed by atoms with E-state index in [-0.39, 0.29) is 23.6 Å². The molecule has 0 amide bonds. The second-order valence-corrected chi connectivity index (χ2v) is 3.20. The molecule has 0 aliphatic rings. The monoisotopic (exact) mass is 223 g/mol. The molecule has 0 fully saturated rings. The molecule has 1 aromatic carbocycles. The average Bonchev–Trinajstić information content (AvgIpc) is 2.70. The molecule has 0 aliphatic heterocycles. The molecule has 0 radical (unpaired) electrons. The molecule has 6 heteroatoms. The van der Waals surface area contributed by atoms with Crippen molar-refractivity contribution >= 4 is 17.1 Å². The smallest absolute Gasteiger partial charge is 0.337 e. The lowest BCUT2D eigenvalue weighted by Crippen LogP contribution is -2.10. The molecule has 6 nitrogen and oxygen atoms in total. The van der Waals surface area contributed by atoms with E-state index in [2.05, 4.69) is 4.98 Å². The van der Waals surface area contributed by atoms with Gasteiger partial charge in [-0.15, -0.1) is 0 Å². The van der Waals surface area contributed by atoms with Crippen LogP contribution in [0, 0.1) is 0 Å². The fourth-order valence-corrected chi connectivity index (χ4v) is 1.43. The Hall–Kier alpha value is -1.92. The Morgan fingerprint density at radius 3 is 2.88 bits per heavy atom. The third-order valence-corrected chi connectivity index (χ3v) is 2.15. The number of aliphatic hydroxyl groups excluding tert-OH is 2. The first-order valence-electron chi connectivity index (χ1n) is 4.53. The summed E-state index contributed by atoms with van der Waals surface area (Å²) in [5, 5.41) is 27.0. The van der Waals surface area contributed by atoms with Crippen LogP contribution >= 0.6 is 0 Å². The van der Waals surface area contributed by atoms with Crippen molar-refractivity contribution in [3.05, 3.63) is 29.7 Å². The summed E-state index contributed by atoms with van der Waals surface area (Å²) >= 11 is 0. The molecule has 3 N–H and O–H groups in total. The highest BCUT2D eigenvalue weighted by molar-refractivity contribution is 5.83. The lowest BCUT2D eigenvalue weighted by atomic mass is 10.1. The van der Waals surface area contributed by atoms with E-state index in [0.717, 1.165) is 0 Å². The zero-order chi connectivity index (χ0) is 11.7. The summed E-state index contributed by atoms with van der Waals surface area (Å²) < 4.78 is 5.14.